The molecule has 2 heterocycles. The zero-order valence-electron chi connectivity index (χ0n) is 18.0. The molecular formula is C25H27N3O3. The van der Waals surface area contributed by atoms with Gasteiger partial charge in [-0.05, 0) is 35.7 Å². The summed E-state index contributed by atoms with van der Waals surface area (Å²) in [6, 6.07) is 16.4. The first-order valence-electron chi connectivity index (χ1n) is 10.5. The maximum absolute atomic E-state index is 11.4. The highest BCUT2D eigenvalue weighted by molar-refractivity contribution is 5.93. The van der Waals surface area contributed by atoms with Crippen molar-refractivity contribution in [3.8, 4) is 5.75 Å². The number of anilines is 3. The number of hydrogen-bond donors (Lipinski definition) is 2. The standard InChI is InChI=1S/C25H27N3O3/c1-16(2)17-4-6-19(7-5-17)28(3)20-8-9-21-18(15-31-24(21)12-20)13-27-23-14-26-11-10-22(23)25(29)30/h4-12,14,16,18,27H,13,15H2,1-3H3,(H,29,30)/t18-/m1/s1. The Kier molecular flexibility index (Phi) is 5.80. The molecule has 3 aromatic rings. The van der Waals surface area contributed by atoms with Crippen LogP contribution in [-0.2, 0) is 0 Å². The second-order valence-electron chi connectivity index (χ2n) is 8.14. The number of hydrogen-bond acceptors (Lipinski definition) is 5. The van der Waals surface area contributed by atoms with Crippen LogP contribution in [0.4, 0.5) is 17.1 Å². The van der Waals surface area contributed by atoms with E-state index in [1.807, 2.05) is 0 Å². The van der Waals surface area contributed by atoms with Crippen molar-refractivity contribution in [2.24, 2.45) is 0 Å². The van der Waals surface area contributed by atoms with Crippen molar-refractivity contribution in [3.63, 3.8) is 0 Å². The second kappa shape index (κ2) is 8.68. The Morgan fingerprint density at radius 2 is 1.94 bits per heavy atom. The van der Waals surface area contributed by atoms with Gasteiger partial charge in [0, 0.05) is 48.7 Å². The molecule has 0 amide bonds. The smallest absolute Gasteiger partial charge is 0.337 e. The van der Waals surface area contributed by atoms with Crippen molar-refractivity contribution in [3.05, 3.63) is 77.6 Å². The molecule has 6 heteroatoms. The largest absolute Gasteiger partial charge is 0.493 e. The summed E-state index contributed by atoms with van der Waals surface area (Å²) in [6.45, 7) is 5.52. The Labute approximate surface area is 182 Å². The third-order valence-corrected chi connectivity index (χ3v) is 5.80. The van der Waals surface area contributed by atoms with Crippen LogP contribution in [0.1, 0.15) is 47.2 Å². The molecule has 0 fully saturated rings. The average molecular weight is 418 g/mol. The Balaban J connectivity index is 1.47. The van der Waals surface area contributed by atoms with E-state index in [0.29, 0.717) is 24.8 Å². The van der Waals surface area contributed by atoms with Gasteiger partial charge in [-0.1, -0.05) is 32.0 Å². The van der Waals surface area contributed by atoms with Crippen molar-refractivity contribution in [1.82, 2.24) is 4.98 Å². The lowest BCUT2D eigenvalue weighted by Gasteiger charge is -2.21. The molecule has 0 saturated heterocycles. The van der Waals surface area contributed by atoms with E-state index in [1.165, 1.54) is 17.8 Å². The maximum Gasteiger partial charge on any atom is 0.337 e. The maximum atomic E-state index is 11.4. The van der Waals surface area contributed by atoms with E-state index < -0.39 is 5.97 Å². The molecule has 1 aliphatic heterocycles. The van der Waals surface area contributed by atoms with Gasteiger partial charge in [0.05, 0.1) is 24.1 Å². The van der Waals surface area contributed by atoms with Gasteiger partial charge in [-0.3, -0.25) is 4.98 Å². The Bertz CT molecular complexity index is 1080. The molecule has 0 spiro atoms. The zero-order valence-corrected chi connectivity index (χ0v) is 18.0. The lowest BCUT2D eigenvalue weighted by atomic mass is 10.00. The molecule has 0 radical (unpaired) electrons. The topological polar surface area (TPSA) is 74.7 Å². The van der Waals surface area contributed by atoms with Crippen molar-refractivity contribution in [1.29, 1.82) is 0 Å². The van der Waals surface area contributed by atoms with E-state index in [-0.39, 0.29) is 11.5 Å². The van der Waals surface area contributed by atoms with Crippen LogP contribution in [0.5, 0.6) is 5.75 Å². The average Bonchev–Trinajstić information content (AvgIpc) is 3.19. The Hall–Kier alpha value is -3.54. The lowest BCUT2D eigenvalue weighted by Crippen LogP contribution is -2.16. The fourth-order valence-corrected chi connectivity index (χ4v) is 3.83. The SMILES string of the molecule is CC(C)c1ccc(N(C)c2ccc3c(c2)OC[C@H]3CNc2cnccc2C(=O)O)cc1. The number of carbonyl (C=O) groups is 1. The number of aromatic nitrogens is 1. The number of ether oxygens (including phenoxy) is 1. The van der Waals surface area contributed by atoms with Gasteiger partial charge in [0.2, 0.25) is 0 Å². The number of nitrogens with one attached hydrogen (secondary N) is 1. The highest BCUT2D eigenvalue weighted by Crippen LogP contribution is 2.38. The van der Waals surface area contributed by atoms with Crippen molar-refractivity contribution < 1.29 is 14.6 Å². The van der Waals surface area contributed by atoms with E-state index in [1.54, 1.807) is 6.20 Å². The van der Waals surface area contributed by atoms with E-state index in [9.17, 15) is 9.90 Å². The number of aromatic carboxylic acids is 1. The number of carboxylic acids is 1. The van der Waals surface area contributed by atoms with Gasteiger partial charge in [-0.25, -0.2) is 4.79 Å². The molecule has 6 nitrogen and oxygen atoms in total. The lowest BCUT2D eigenvalue weighted by molar-refractivity contribution is 0.0698. The molecule has 31 heavy (non-hydrogen) atoms. The van der Waals surface area contributed by atoms with E-state index in [0.717, 1.165) is 22.7 Å². The van der Waals surface area contributed by atoms with Crippen LogP contribution in [0.2, 0.25) is 0 Å². The van der Waals surface area contributed by atoms with Crippen molar-refractivity contribution >= 4 is 23.0 Å². The third-order valence-electron chi connectivity index (χ3n) is 5.80. The summed E-state index contributed by atoms with van der Waals surface area (Å²) >= 11 is 0. The normalized spacial score (nSPS) is 14.8. The monoisotopic (exact) mass is 417 g/mol. The Morgan fingerprint density at radius 1 is 1.19 bits per heavy atom. The Morgan fingerprint density at radius 3 is 2.65 bits per heavy atom. The first kappa shape index (κ1) is 20.7. The molecule has 0 aliphatic carbocycles. The minimum Gasteiger partial charge on any atom is -0.493 e. The zero-order chi connectivity index (χ0) is 22.0. The van der Waals surface area contributed by atoms with Gasteiger partial charge in [0.25, 0.3) is 0 Å². The summed E-state index contributed by atoms with van der Waals surface area (Å²) in [4.78, 5) is 17.6. The van der Waals surface area contributed by atoms with Gasteiger partial charge < -0.3 is 20.1 Å². The molecule has 1 aromatic heterocycles. The predicted octanol–water partition coefficient (Wildman–Crippen LogP) is 5.26. The fraction of sp³-hybridized carbons (Fsp3) is 0.280. The fourth-order valence-electron chi connectivity index (χ4n) is 3.83. The summed E-state index contributed by atoms with van der Waals surface area (Å²) in [5.41, 5.74) is 5.37. The third kappa shape index (κ3) is 4.33. The number of pyridine rings is 1. The highest BCUT2D eigenvalue weighted by Gasteiger charge is 2.25. The molecule has 0 bridgehead atoms. The molecule has 0 unspecified atom stereocenters. The number of benzene rings is 2. The van der Waals surface area contributed by atoms with Gasteiger partial charge in [-0.15, -0.1) is 0 Å². The second-order valence-corrected chi connectivity index (χ2v) is 8.14. The summed E-state index contributed by atoms with van der Waals surface area (Å²) in [5, 5.41) is 12.6. The molecule has 2 aromatic carbocycles. The number of fused-ring (bicyclic) bond motifs is 1. The van der Waals surface area contributed by atoms with Crippen molar-refractivity contribution in [2.75, 3.05) is 30.4 Å². The summed E-state index contributed by atoms with van der Waals surface area (Å²) in [6.07, 6.45) is 3.03. The van der Waals surface area contributed by atoms with Crippen LogP contribution in [0.3, 0.4) is 0 Å². The molecule has 1 atom stereocenters. The molecule has 2 N–H and O–H groups in total. The van der Waals surface area contributed by atoms with Crippen LogP contribution >= 0.6 is 0 Å². The highest BCUT2D eigenvalue weighted by atomic mass is 16.5. The van der Waals surface area contributed by atoms with Crippen LogP contribution in [-0.4, -0.2) is 36.3 Å². The van der Waals surface area contributed by atoms with Crippen LogP contribution < -0.4 is 15.0 Å². The molecule has 4 rings (SSSR count). The number of rotatable bonds is 7. The molecule has 160 valence electrons. The van der Waals surface area contributed by atoms with E-state index in [4.69, 9.17) is 4.74 Å². The van der Waals surface area contributed by atoms with Gasteiger partial charge in [-0.2, -0.15) is 0 Å². The van der Waals surface area contributed by atoms with Gasteiger partial charge in [0.15, 0.2) is 0 Å². The summed E-state index contributed by atoms with van der Waals surface area (Å²) < 4.78 is 5.96. The molecule has 0 saturated carbocycles. The van der Waals surface area contributed by atoms with Crippen LogP contribution in [0, 0.1) is 0 Å². The first-order chi connectivity index (χ1) is 14.9. The van der Waals surface area contributed by atoms with Crippen LogP contribution in [0.15, 0.2) is 60.9 Å². The first-order valence-corrected chi connectivity index (χ1v) is 10.5. The van der Waals surface area contributed by atoms with Crippen molar-refractivity contribution in [2.45, 2.75) is 25.7 Å². The minimum atomic E-state index is -0.970. The molecular weight excluding hydrogens is 390 g/mol. The number of carboxylic acid groups (broad SMARTS) is 1. The van der Waals surface area contributed by atoms with Gasteiger partial charge >= 0.3 is 5.97 Å². The summed E-state index contributed by atoms with van der Waals surface area (Å²) in [7, 11) is 2.05. The van der Waals surface area contributed by atoms with E-state index >= 15 is 0 Å². The van der Waals surface area contributed by atoms with E-state index in [2.05, 4.69) is 78.6 Å². The van der Waals surface area contributed by atoms with Crippen LogP contribution in [0.25, 0.3) is 0 Å². The minimum absolute atomic E-state index is 0.140. The number of nitrogens with zero attached hydrogens (tertiary/aromatic N) is 2. The summed E-state index contributed by atoms with van der Waals surface area (Å²) in [5.74, 6) is 0.555. The molecule has 1 aliphatic rings. The van der Waals surface area contributed by atoms with Gasteiger partial charge in [0.1, 0.15) is 5.75 Å². The predicted molar refractivity (Wildman–Crippen MR) is 123 cm³/mol. The quantitative estimate of drug-likeness (QED) is 0.546.